The average molecular weight is 232 g/mol. The van der Waals surface area contributed by atoms with Gasteiger partial charge in [0, 0.05) is 12.2 Å². The van der Waals surface area contributed by atoms with Crippen LogP contribution in [-0.2, 0) is 6.54 Å². The summed E-state index contributed by atoms with van der Waals surface area (Å²) < 4.78 is 0. The molecule has 1 aliphatic rings. The second kappa shape index (κ2) is 5.66. The van der Waals surface area contributed by atoms with Crippen molar-refractivity contribution in [1.29, 1.82) is 0 Å². The quantitative estimate of drug-likeness (QED) is 0.612. The Bertz CT molecular complexity index is 396. The second-order valence-electron chi connectivity index (χ2n) is 4.65. The van der Waals surface area contributed by atoms with Gasteiger partial charge >= 0.3 is 0 Å². The standard InChI is InChI=1S/C13H20N4/c1-10-4-2-7-12(17-10)9-16-13(14)15-8-11-5-3-6-11/h2,4,7,11H,3,5-6,8-9H2,1H3,(H3,14,15,16). The first-order valence-corrected chi connectivity index (χ1v) is 6.20. The molecule has 0 bridgehead atoms. The molecule has 17 heavy (non-hydrogen) atoms. The van der Waals surface area contributed by atoms with E-state index in [0.29, 0.717) is 12.5 Å². The van der Waals surface area contributed by atoms with E-state index in [2.05, 4.69) is 15.3 Å². The predicted molar refractivity (Wildman–Crippen MR) is 69.6 cm³/mol. The van der Waals surface area contributed by atoms with E-state index in [-0.39, 0.29) is 0 Å². The van der Waals surface area contributed by atoms with Gasteiger partial charge in [0.1, 0.15) is 0 Å². The van der Waals surface area contributed by atoms with Crippen molar-refractivity contribution in [2.24, 2.45) is 16.6 Å². The number of nitrogens with two attached hydrogens (primary N) is 1. The van der Waals surface area contributed by atoms with Gasteiger partial charge in [-0.3, -0.25) is 4.98 Å². The van der Waals surface area contributed by atoms with Crippen LogP contribution in [0.2, 0.25) is 0 Å². The molecule has 4 heteroatoms. The maximum atomic E-state index is 5.80. The van der Waals surface area contributed by atoms with E-state index in [9.17, 15) is 0 Å². The maximum absolute atomic E-state index is 5.80. The fourth-order valence-electron chi connectivity index (χ4n) is 1.86. The third-order valence-electron chi connectivity index (χ3n) is 3.15. The molecule has 1 heterocycles. The summed E-state index contributed by atoms with van der Waals surface area (Å²) in [5.74, 6) is 1.32. The Labute approximate surface area is 102 Å². The average Bonchev–Trinajstić information content (AvgIpc) is 2.24. The van der Waals surface area contributed by atoms with Crippen LogP contribution < -0.4 is 11.1 Å². The molecular weight excluding hydrogens is 212 g/mol. The minimum atomic E-state index is 0.528. The molecule has 4 nitrogen and oxygen atoms in total. The van der Waals surface area contributed by atoms with Crippen LogP contribution in [0.5, 0.6) is 0 Å². The van der Waals surface area contributed by atoms with Gasteiger partial charge in [0.2, 0.25) is 0 Å². The lowest BCUT2D eigenvalue weighted by atomic mass is 9.85. The lowest BCUT2D eigenvalue weighted by molar-refractivity contribution is 0.315. The fourth-order valence-corrected chi connectivity index (χ4v) is 1.86. The summed E-state index contributed by atoms with van der Waals surface area (Å²) in [4.78, 5) is 8.66. The number of guanidine groups is 1. The van der Waals surface area contributed by atoms with Crippen LogP contribution in [0.1, 0.15) is 30.7 Å². The minimum absolute atomic E-state index is 0.528. The topological polar surface area (TPSA) is 63.3 Å². The Morgan fingerprint density at radius 2 is 2.35 bits per heavy atom. The number of nitrogens with one attached hydrogen (secondary N) is 1. The van der Waals surface area contributed by atoms with Crippen molar-refractivity contribution in [3.63, 3.8) is 0 Å². The SMILES string of the molecule is Cc1cccc(CN=C(N)NCC2CCC2)n1. The molecule has 0 radical (unpaired) electrons. The van der Waals surface area contributed by atoms with Crippen LogP contribution in [0.4, 0.5) is 0 Å². The summed E-state index contributed by atoms with van der Waals surface area (Å²) >= 11 is 0. The van der Waals surface area contributed by atoms with Crippen LogP contribution in [-0.4, -0.2) is 17.5 Å². The van der Waals surface area contributed by atoms with Gasteiger partial charge in [-0.2, -0.15) is 0 Å². The number of aromatic nitrogens is 1. The van der Waals surface area contributed by atoms with Crippen LogP contribution in [0.15, 0.2) is 23.2 Å². The first-order chi connectivity index (χ1) is 8.24. The first-order valence-electron chi connectivity index (χ1n) is 6.20. The second-order valence-corrected chi connectivity index (χ2v) is 4.65. The van der Waals surface area contributed by atoms with E-state index >= 15 is 0 Å². The normalized spacial score (nSPS) is 16.6. The van der Waals surface area contributed by atoms with E-state index in [1.54, 1.807) is 0 Å². The van der Waals surface area contributed by atoms with Gasteiger partial charge in [-0.15, -0.1) is 0 Å². The van der Waals surface area contributed by atoms with Gasteiger partial charge in [0.15, 0.2) is 5.96 Å². The lowest BCUT2D eigenvalue weighted by Crippen LogP contribution is -2.37. The van der Waals surface area contributed by atoms with Gasteiger partial charge in [-0.25, -0.2) is 4.99 Å². The minimum Gasteiger partial charge on any atom is -0.370 e. The summed E-state index contributed by atoms with van der Waals surface area (Å²) in [6, 6.07) is 5.94. The van der Waals surface area contributed by atoms with Crippen LogP contribution >= 0.6 is 0 Å². The van der Waals surface area contributed by atoms with Gasteiger partial charge in [-0.05, 0) is 37.8 Å². The third kappa shape index (κ3) is 3.73. The van der Waals surface area contributed by atoms with Crippen molar-refractivity contribution < 1.29 is 0 Å². The fraction of sp³-hybridized carbons (Fsp3) is 0.538. The van der Waals surface area contributed by atoms with Gasteiger partial charge in [0.05, 0.1) is 12.2 Å². The summed E-state index contributed by atoms with van der Waals surface area (Å²) in [6.45, 7) is 3.48. The summed E-state index contributed by atoms with van der Waals surface area (Å²) in [5, 5.41) is 3.17. The molecule has 0 spiro atoms. The molecule has 0 aromatic carbocycles. The Hall–Kier alpha value is -1.58. The monoisotopic (exact) mass is 232 g/mol. The molecule has 1 aromatic rings. The molecular formula is C13H20N4. The zero-order valence-corrected chi connectivity index (χ0v) is 10.3. The van der Waals surface area contributed by atoms with Gasteiger partial charge in [0.25, 0.3) is 0 Å². The Morgan fingerprint density at radius 1 is 1.53 bits per heavy atom. The van der Waals surface area contributed by atoms with Gasteiger partial charge in [-0.1, -0.05) is 12.5 Å². The molecule has 0 atom stereocenters. The number of hydrogen-bond acceptors (Lipinski definition) is 2. The molecule has 92 valence electrons. The van der Waals surface area contributed by atoms with E-state index in [0.717, 1.165) is 23.9 Å². The Balaban J connectivity index is 1.78. The van der Waals surface area contributed by atoms with E-state index < -0.39 is 0 Å². The lowest BCUT2D eigenvalue weighted by Gasteiger charge is -2.25. The number of nitrogens with zero attached hydrogens (tertiary/aromatic N) is 2. The smallest absolute Gasteiger partial charge is 0.188 e. The molecule has 1 saturated carbocycles. The summed E-state index contributed by atoms with van der Waals surface area (Å²) in [5.41, 5.74) is 7.77. The molecule has 0 saturated heterocycles. The van der Waals surface area contributed by atoms with Crippen molar-refractivity contribution in [3.8, 4) is 0 Å². The van der Waals surface area contributed by atoms with Crippen LogP contribution in [0.3, 0.4) is 0 Å². The molecule has 0 aliphatic heterocycles. The highest BCUT2D eigenvalue weighted by molar-refractivity contribution is 5.77. The van der Waals surface area contributed by atoms with E-state index in [1.807, 2.05) is 25.1 Å². The van der Waals surface area contributed by atoms with Crippen molar-refractivity contribution in [3.05, 3.63) is 29.6 Å². The predicted octanol–water partition coefficient (Wildman–Crippen LogP) is 1.59. The highest BCUT2D eigenvalue weighted by Crippen LogP contribution is 2.24. The first kappa shape index (κ1) is 11.9. The zero-order chi connectivity index (χ0) is 12.1. The van der Waals surface area contributed by atoms with E-state index in [4.69, 9.17) is 5.73 Å². The third-order valence-corrected chi connectivity index (χ3v) is 3.15. The molecule has 2 rings (SSSR count). The summed E-state index contributed by atoms with van der Waals surface area (Å²) in [6.07, 6.45) is 4.00. The number of aryl methyl sites for hydroxylation is 1. The van der Waals surface area contributed by atoms with Crippen molar-refractivity contribution >= 4 is 5.96 Å². The number of rotatable bonds is 4. The van der Waals surface area contributed by atoms with Crippen molar-refractivity contribution in [1.82, 2.24) is 10.3 Å². The Kier molecular flexibility index (Phi) is 3.96. The molecule has 1 aromatic heterocycles. The van der Waals surface area contributed by atoms with Gasteiger partial charge < -0.3 is 11.1 Å². The largest absolute Gasteiger partial charge is 0.370 e. The molecule has 3 N–H and O–H groups in total. The molecule has 0 amide bonds. The van der Waals surface area contributed by atoms with E-state index in [1.165, 1.54) is 19.3 Å². The maximum Gasteiger partial charge on any atom is 0.188 e. The number of aliphatic imine (C=N–C) groups is 1. The highest BCUT2D eigenvalue weighted by atomic mass is 15.1. The number of hydrogen-bond donors (Lipinski definition) is 2. The zero-order valence-electron chi connectivity index (χ0n) is 10.3. The van der Waals surface area contributed by atoms with Crippen molar-refractivity contribution in [2.45, 2.75) is 32.7 Å². The highest BCUT2D eigenvalue weighted by Gasteiger charge is 2.16. The molecule has 0 unspecified atom stereocenters. The molecule has 1 aliphatic carbocycles. The van der Waals surface area contributed by atoms with Crippen LogP contribution in [0.25, 0.3) is 0 Å². The van der Waals surface area contributed by atoms with Crippen LogP contribution in [0, 0.1) is 12.8 Å². The molecule has 1 fully saturated rings. The Morgan fingerprint density at radius 3 is 3.00 bits per heavy atom. The number of pyridine rings is 1. The summed E-state index contributed by atoms with van der Waals surface area (Å²) in [7, 11) is 0. The van der Waals surface area contributed by atoms with Crippen molar-refractivity contribution in [2.75, 3.05) is 6.54 Å².